The summed E-state index contributed by atoms with van der Waals surface area (Å²) in [6.45, 7) is 3.73. The lowest BCUT2D eigenvalue weighted by molar-refractivity contribution is -0.898. The molecule has 27 heavy (non-hydrogen) atoms. The van der Waals surface area contributed by atoms with Gasteiger partial charge in [-0.1, -0.05) is 12.1 Å². The Bertz CT molecular complexity index is 803. The second kappa shape index (κ2) is 7.94. The van der Waals surface area contributed by atoms with Gasteiger partial charge in [0.25, 0.3) is 5.91 Å². The van der Waals surface area contributed by atoms with Gasteiger partial charge in [0, 0.05) is 13.1 Å². The number of benzene rings is 1. The van der Waals surface area contributed by atoms with Crippen LogP contribution in [0.4, 0.5) is 0 Å². The molecule has 2 saturated heterocycles. The van der Waals surface area contributed by atoms with Crippen molar-refractivity contribution >= 4 is 33.4 Å². The van der Waals surface area contributed by atoms with Gasteiger partial charge in [-0.25, -0.2) is 4.98 Å². The maximum Gasteiger partial charge on any atom is 0.277 e. The molecule has 1 aromatic heterocycles. The minimum Gasteiger partial charge on any atom is -0.369 e. The summed E-state index contributed by atoms with van der Waals surface area (Å²) in [5.41, 5.74) is 6.52. The molecule has 3 heterocycles. The van der Waals surface area contributed by atoms with E-state index in [0.717, 1.165) is 50.8 Å². The van der Waals surface area contributed by atoms with Crippen LogP contribution in [0.1, 0.15) is 36.6 Å². The Morgan fingerprint density at radius 1 is 1.26 bits per heavy atom. The predicted octanol–water partition coefficient (Wildman–Crippen LogP) is 0.783. The first-order chi connectivity index (χ1) is 13.1. The Hall–Kier alpha value is -1.99. The highest BCUT2D eigenvalue weighted by molar-refractivity contribution is 7.18. The second-order valence-electron chi connectivity index (χ2n) is 7.82. The lowest BCUT2D eigenvalue weighted by atomic mass is 9.97. The van der Waals surface area contributed by atoms with Gasteiger partial charge in [0.05, 0.1) is 35.1 Å². The van der Waals surface area contributed by atoms with Crippen molar-refractivity contribution in [2.45, 2.75) is 31.6 Å². The van der Waals surface area contributed by atoms with Gasteiger partial charge in [-0.15, -0.1) is 11.3 Å². The number of likely N-dealkylation sites (tertiary alicyclic amines) is 2. The van der Waals surface area contributed by atoms with Crippen LogP contribution in [-0.4, -0.2) is 54.4 Å². The Balaban J connectivity index is 1.38. The van der Waals surface area contributed by atoms with E-state index in [0.29, 0.717) is 19.0 Å². The van der Waals surface area contributed by atoms with Crippen LogP contribution in [0.25, 0.3) is 10.2 Å². The normalized spacial score (nSPS) is 26.2. The van der Waals surface area contributed by atoms with Crippen molar-refractivity contribution < 1.29 is 14.5 Å². The summed E-state index contributed by atoms with van der Waals surface area (Å²) in [5, 5.41) is 1.20. The van der Waals surface area contributed by atoms with Gasteiger partial charge < -0.3 is 15.5 Å². The Morgan fingerprint density at radius 3 is 2.93 bits per heavy atom. The predicted molar refractivity (Wildman–Crippen MR) is 106 cm³/mol. The van der Waals surface area contributed by atoms with Gasteiger partial charge in [0.15, 0.2) is 6.54 Å². The third-order valence-electron chi connectivity index (χ3n) is 5.86. The molecule has 0 aliphatic carbocycles. The van der Waals surface area contributed by atoms with Crippen molar-refractivity contribution in [1.82, 2.24) is 9.88 Å². The van der Waals surface area contributed by atoms with E-state index in [1.165, 1.54) is 14.6 Å². The number of primary amides is 1. The van der Waals surface area contributed by atoms with Crippen LogP contribution in [0, 0.1) is 5.92 Å². The number of hydrogen-bond donors (Lipinski definition) is 2. The lowest BCUT2D eigenvalue weighted by Crippen LogP contribution is -3.14. The Labute approximate surface area is 163 Å². The van der Waals surface area contributed by atoms with E-state index in [1.807, 2.05) is 11.0 Å². The zero-order chi connectivity index (χ0) is 18.8. The van der Waals surface area contributed by atoms with E-state index in [4.69, 9.17) is 10.7 Å². The second-order valence-corrected chi connectivity index (χ2v) is 8.88. The fourth-order valence-corrected chi connectivity index (χ4v) is 5.45. The summed E-state index contributed by atoms with van der Waals surface area (Å²) in [4.78, 5) is 32.2. The van der Waals surface area contributed by atoms with Crippen molar-refractivity contribution in [3.05, 3.63) is 29.3 Å². The molecule has 3 N–H and O–H groups in total. The van der Waals surface area contributed by atoms with Gasteiger partial charge in [0.1, 0.15) is 5.01 Å². The highest BCUT2D eigenvalue weighted by Crippen LogP contribution is 2.30. The summed E-state index contributed by atoms with van der Waals surface area (Å²) in [5.74, 6) is 0.114. The van der Waals surface area contributed by atoms with Crippen LogP contribution >= 0.6 is 11.3 Å². The number of hydrogen-bond acceptors (Lipinski definition) is 4. The zero-order valence-corrected chi connectivity index (χ0v) is 16.3. The highest BCUT2D eigenvalue weighted by atomic mass is 32.1. The van der Waals surface area contributed by atoms with Crippen molar-refractivity contribution in [2.75, 3.05) is 32.7 Å². The number of carbonyl (C=O) groups excluding carboxylic acids is 2. The summed E-state index contributed by atoms with van der Waals surface area (Å²) in [7, 11) is 0. The Morgan fingerprint density at radius 2 is 2.11 bits per heavy atom. The van der Waals surface area contributed by atoms with Gasteiger partial charge in [-0.2, -0.15) is 0 Å². The first kappa shape index (κ1) is 18.4. The zero-order valence-electron chi connectivity index (χ0n) is 15.5. The number of nitrogens with zero attached hydrogens (tertiary/aromatic N) is 2. The van der Waals surface area contributed by atoms with Gasteiger partial charge in [0.2, 0.25) is 5.91 Å². The number of nitrogens with two attached hydrogens (primary N) is 1. The number of amides is 2. The number of fused-ring (bicyclic) bond motifs is 1. The van der Waals surface area contributed by atoms with Gasteiger partial charge >= 0.3 is 0 Å². The largest absolute Gasteiger partial charge is 0.369 e. The van der Waals surface area contributed by atoms with E-state index >= 15 is 0 Å². The van der Waals surface area contributed by atoms with Crippen molar-refractivity contribution in [3.63, 3.8) is 0 Å². The number of quaternary nitrogens is 1. The summed E-state index contributed by atoms with van der Waals surface area (Å²) < 4.78 is 1.24. The molecule has 3 atom stereocenters. The van der Waals surface area contributed by atoms with Crippen molar-refractivity contribution in [2.24, 2.45) is 11.7 Å². The number of carbonyl (C=O) groups is 2. The standard InChI is InChI=1S/C20H26N4O2S/c21-19(26)14-5-4-10-24(12-14)18(25)13-23-9-3-6-15(11-23)20-22-16-7-1-2-8-17(16)27-20/h1-2,7-8,14-15H,3-6,9-13H2,(H2,21,26)/p+1/t14-,15-/m0/s1. The lowest BCUT2D eigenvalue weighted by Gasteiger charge is -2.34. The van der Waals surface area contributed by atoms with Crippen LogP contribution in [-0.2, 0) is 9.59 Å². The summed E-state index contributed by atoms with van der Waals surface area (Å²) in [6, 6.07) is 8.27. The van der Waals surface area contributed by atoms with Crippen molar-refractivity contribution in [1.29, 1.82) is 0 Å². The van der Waals surface area contributed by atoms with Crippen LogP contribution < -0.4 is 10.6 Å². The number of nitrogens with one attached hydrogen (secondary N) is 1. The number of aromatic nitrogens is 1. The molecular formula is C20H27N4O2S+. The fraction of sp³-hybridized carbons (Fsp3) is 0.550. The first-order valence-corrected chi connectivity index (χ1v) is 10.7. The molecule has 0 radical (unpaired) electrons. The first-order valence-electron chi connectivity index (χ1n) is 9.86. The minimum absolute atomic E-state index is 0.154. The smallest absolute Gasteiger partial charge is 0.277 e. The van der Waals surface area contributed by atoms with E-state index in [2.05, 4.69) is 18.2 Å². The van der Waals surface area contributed by atoms with E-state index < -0.39 is 0 Å². The quantitative estimate of drug-likeness (QED) is 0.814. The molecule has 1 aromatic carbocycles. The molecular weight excluding hydrogens is 360 g/mol. The fourth-order valence-electron chi connectivity index (χ4n) is 4.35. The molecule has 2 aliphatic rings. The number of piperidine rings is 2. The van der Waals surface area contributed by atoms with Crippen LogP contribution in [0.15, 0.2) is 24.3 Å². The Kier molecular flexibility index (Phi) is 5.41. The average molecular weight is 388 g/mol. The van der Waals surface area contributed by atoms with Crippen LogP contribution in [0.5, 0.6) is 0 Å². The van der Waals surface area contributed by atoms with Gasteiger partial charge in [-0.3, -0.25) is 9.59 Å². The maximum atomic E-state index is 12.8. The molecule has 4 rings (SSSR count). The number of para-hydroxylation sites is 1. The molecule has 144 valence electrons. The van der Waals surface area contributed by atoms with Gasteiger partial charge in [-0.05, 0) is 37.8 Å². The molecule has 7 heteroatoms. The maximum absolute atomic E-state index is 12.8. The summed E-state index contributed by atoms with van der Waals surface area (Å²) >= 11 is 1.79. The average Bonchev–Trinajstić information content (AvgIpc) is 3.12. The highest BCUT2D eigenvalue weighted by Gasteiger charge is 2.32. The van der Waals surface area contributed by atoms with Crippen molar-refractivity contribution in [3.8, 4) is 0 Å². The molecule has 0 spiro atoms. The SMILES string of the molecule is NC(=O)[C@H]1CCCN(C(=O)C[NH+]2CCC[C@H](c3nc4ccccc4s3)C2)C1. The number of thiazole rings is 1. The molecule has 2 aliphatic heterocycles. The molecule has 1 unspecified atom stereocenters. The molecule has 2 fully saturated rings. The summed E-state index contributed by atoms with van der Waals surface area (Å²) in [6.07, 6.45) is 3.93. The minimum atomic E-state index is -0.284. The number of rotatable bonds is 4. The molecule has 0 saturated carbocycles. The van der Waals surface area contributed by atoms with E-state index in [9.17, 15) is 9.59 Å². The molecule has 6 nitrogen and oxygen atoms in total. The van der Waals surface area contributed by atoms with E-state index in [-0.39, 0.29) is 17.7 Å². The molecule has 2 aromatic rings. The van der Waals surface area contributed by atoms with Crippen LogP contribution in [0.2, 0.25) is 0 Å². The van der Waals surface area contributed by atoms with E-state index in [1.54, 1.807) is 11.3 Å². The molecule has 0 bridgehead atoms. The molecule has 2 amide bonds. The topological polar surface area (TPSA) is 80.7 Å². The third kappa shape index (κ3) is 4.14. The van der Waals surface area contributed by atoms with Crippen LogP contribution in [0.3, 0.4) is 0 Å². The third-order valence-corrected chi connectivity index (χ3v) is 7.05. The monoisotopic (exact) mass is 387 g/mol.